The fourth-order valence-electron chi connectivity index (χ4n) is 2.69. The standard InChI is InChI=1S/C18H19BrN2O3/c1-23-15-7-6-12(10-16(15)24-2)18(8-9-18)21-17(22)20-14-5-3-4-13(19)11-14/h3-7,10-11H,8-9H2,1-2H3,(H2,20,21,22). The molecule has 2 aromatic carbocycles. The third-order valence-electron chi connectivity index (χ3n) is 4.12. The molecule has 5 nitrogen and oxygen atoms in total. The number of benzene rings is 2. The SMILES string of the molecule is COc1ccc(C2(NC(=O)Nc3cccc(Br)c3)CC2)cc1OC. The average molecular weight is 391 g/mol. The van der Waals surface area contributed by atoms with E-state index >= 15 is 0 Å². The molecule has 0 radical (unpaired) electrons. The summed E-state index contributed by atoms with van der Waals surface area (Å²) in [5.74, 6) is 1.34. The lowest BCUT2D eigenvalue weighted by Crippen LogP contribution is -2.38. The molecule has 0 spiro atoms. The Labute approximate surface area is 149 Å². The van der Waals surface area contributed by atoms with Gasteiger partial charge in [-0.3, -0.25) is 0 Å². The van der Waals surface area contributed by atoms with Crippen LogP contribution in [0.25, 0.3) is 0 Å². The highest BCUT2D eigenvalue weighted by atomic mass is 79.9. The molecule has 2 amide bonds. The summed E-state index contributed by atoms with van der Waals surface area (Å²) in [6, 6.07) is 13.0. The molecule has 2 aromatic rings. The van der Waals surface area contributed by atoms with Gasteiger partial charge in [0.05, 0.1) is 19.8 Å². The van der Waals surface area contributed by atoms with Crippen molar-refractivity contribution in [2.24, 2.45) is 0 Å². The Balaban J connectivity index is 1.73. The van der Waals surface area contributed by atoms with Crippen LogP contribution in [0.2, 0.25) is 0 Å². The van der Waals surface area contributed by atoms with Gasteiger partial charge in [-0.25, -0.2) is 4.79 Å². The van der Waals surface area contributed by atoms with Crippen molar-refractivity contribution in [3.63, 3.8) is 0 Å². The minimum Gasteiger partial charge on any atom is -0.493 e. The lowest BCUT2D eigenvalue weighted by atomic mass is 10.0. The van der Waals surface area contributed by atoms with Crippen LogP contribution in [0.4, 0.5) is 10.5 Å². The minimum atomic E-state index is -0.338. The maximum Gasteiger partial charge on any atom is 0.319 e. The highest BCUT2D eigenvalue weighted by Gasteiger charge is 2.46. The van der Waals surface area contributed by atoms with E-state index in [0.717, 1.165) is 28.6 Å². The summed E-state index contributed by atoms with van der Waals surface area (Å²) in [7, 11) is 3.21. The monoisotopic (exact) mass is 390 g/mol. The number of carbonyl (C=O) groups is 1. The predicted octanol–water partition coefficient (Wildman–Crippen LogP) is 4.28. The van der Waals surface area contributed by atoms with Crippen molar-refractivity contribution in [2.75, 3.05) is 19.5 Å². The van der Waals surface area contributed by atoms with Crippen molar-refractivity contribution >= 4 is 27.6 Å². The van der Waals surface area contributed by atoms with Gasteiger partial charge in [-0.1, -0.05) is 28.1 Å². The number of halogens is 1. The molecule has 6 heteroatoms. The summed E-state index contributed by atoms with van der Waals surface area (Å²) in [6.07, 6.45) is 1.79. The van der Waals surface area contributed by atoms with Crippen LogP contribution < -0.4 is 20.1 Å². The second kappa shape index (κ2) is 6.73. The van der Waals surface area contributed by atoms with Crippen molar-refractivity contribution in [3.05, 3.63) is 52.5 Å². The molecule has 0 saturated heterocycles. The lowest BCUT2D eigenvalue weighted by Gasteiger charge is -2.20. The number of urea groups is 1. The Morgan fingerprint density at radius 1 is 1.08 bits per heavy atom. The molecule has 0 bridgehead atoms. The van der Waals surface area contributed by atoms with Gasteiger partial charge in [0.15, 0.2) is 11.5 Å². The van der Waals surface area contributed by atoms with Gasteiger partial charge < -0.3 is 20.1 Å². The van der Waals surface area contributed by atoms with Crippen molar-refractivity contribution in [3.8, 4) is 11.5 Å². The maximum absolute atomic E-state index is 12.3. The number of anilines is 1. The van der Waals surface area contributed by atoms with Crippen LogP contribution in [0.15, 0.2) is 46.9 Å². The smallest absolute Gasteiger partial charge is 0.319 e. The molecule has 126 valence electrons. The topological polar surface area (TPSA) is 59.6 Å². The quantitative estimate of drug-likeness (QED) is 0.800. The summed E-state index contributed by atoms with van der Waals surface area (Å²) in [6.45, 7) is 0. The van der Waals surface area contributed by atoms with E-state index in [4.69, 9.17) is 9.47 Å². The van der Waals surface area contributed by atoms with E-state index in [-0.39, 0.29) is 11.6 Å². The second-order valence-corrected chi connectivity index (χ2v) is 6.66. The molecule has 0 aromatic heterocycles. The molecule has 0 unspecified atom stereocenters. The molecular weight excluding hydrogens is 372 g/mol. The number of ether oxygens (including phenoxy) is 2. The van der Waals surface area contributed by atoms with E-state index < -0.39 is 0 Å². The van der Waals surface area contributed by atoms with E-state index in [0.29, 0.717) is 11.5 Å². The number of rotatable bonds is 5. The van der Waals surface area contributed by atoms with Crippen molar-refractivity contribution in [1.29, 1.82) is 0 Å². The number of carbonyl (C=O) groups excluding carboxylic acids is 1. The van der Waals surface area contributed by atoms with Crippen LogP contribution in [0.3, 0.4) is 0 Å². The Hall–Kier alpha value is -2.21. The zero-order valence-corrected chi connectivity index (χ0v) is 15.1. The Morgan fingerprint density at radius 2 is 1.83 bits per heavy atom. The summed E-state index contributed by atoms with van der Waals surface area (Å²) < 4.78 is 11.5. The normalized spacial score (nSPS) is 14.6. The molecule has 0 heterocycles. The predicted molar refractivity (Wildman–Crippen MR) is 96.8 cm³/mol. The highest BCUT2D eigenvalue weighted by molar-refractivity contribution is 9.10. The summed E-state index contributed by atoms with van der Waals surface area (Å²) in [5.41, 5.74) is 1.42. The molecule has 2 N–H and O–H groups in total. The maximum atomic E-state index is 12.3. The molecule has 1 fully saturated rings. The zero-order valence-electron chi connectivity index (χ0n) is 13.6. The number of methoxy groups -OCH3 is 2. The highest BCUT2D eigenvalue weighted by Crippen LogP contribution is 2.47. The fraction of sp³-hybridized carbons (Fsp3) is 0.278. The van der Waals surface area contributed by atoms with E-state index in [9.17, 15) is 4.79 Å². The first kappa shape index (κ1) is 16.6. The summed E-state index contributed by atoms with van der Waals surface area (Å²) in [5, 5.41) is 5.94. The molecule has 0 aliphatic heterocycles. The molecular formula is C18H19BrN2O3. The lowest BCUT2D eigenvalue weighted by molar-refractivity contribution is 0.247. The largest absolute Gasteiger partial charge is 0.493 e. The zero-order chi connectivity index (χ0) is 17.2. The van der Waals surface area contributed by atoms with Gasteiger partial charge in [0.2, 0.25) is 0 Å². The Morgan fingerprint density at radius 3 is 2.46 bits per heavy atom. The first-order chi connectivity index (χ1) is 11.6. The summed E-state index contributed by atoms with van der Waals surface area (Å²) in [4.78, 5) is 12.3. The Bertz CT molecular complexity index is 760. The fourth-order valence-corrected chi connectivity index (χ4v) is 3.09. The van der Waals surface area contributed by atoms with E-state index in [1.165, 1.54) is 0 Å². The van der Waals surface area contributed by atoms with Gasteiger partial charge in [-0.05, 0) is 48.7 Å². The van der Waals surface area contributed by atoms with Gasteiger partial charge in [-0.15, -0.1) is 0 Å². The van der Waals surface area contributed by atoms with Crippen molar-refractivity contribution < 1.29 is 14.3 Å². The van der Waals surface area contributed by atoms with Crippen LogP contribution in [-0.2, 0) is 5.54 Å². The molecule has 0 atom stereocenters. The van der Waals surface area contributed by atoms with E-state index in [1.54, 1.807) is 14.2 Å². The first-order valence-corrected chi connectivity index (χ1v) is 8.43. The van der Waals surface area contributed by atoms with Gasteiger partial charge in [0.25, 0.3) is 0 Å². The van der Waals surface area contributed by atoms with Crippen molar-refractivity contribution in [2.45, 2.75) is 18.4 Å². The van der Waals surface area contributed by atoms with E-state index in [1.807, 2.05) is 42.5 Å². The second-order valence-electron chi connectivity index (χ2n) is 5.74. The van der Waals surface area contributed by atoms with Gasteiger partial charge >= 0.3 is 6.03 Å². The van der Waals surface area contributed by atoms with Gasteiger partial charge in [0.1, 0.15) is 0 Å². The average Bonchev–Trinajstić information content (AvgIpc) is 3.34. The Kier molecular flexibility index (Phi) is 4.66. The molecule has 1 saturated carbocycles. The third kappa shape index (κ3) is 3.48. The molecule has 1 aliphatic carbocycles. The third-order valence-corrected chi connectivity index (χ3v) is 4.61. The van der Waals surface area contributed by atoms with Crippen LogP contribution in [0.5, 0.6) is 11.5 Å². The number of amides is 2. The number of hydrogen-bond acceptors (Lipinski definition) is 3. The number of hydrogen-bond donors (Lipinski definition) is 2. The molecule has 24 heavy (non-hydrogen) atoms. The van der Waals surface area contributed by atoms with E-state index in [2.05, 4.69) is 26.6 Å². The molecule has 1 aliphatic rings. The number of nitrogens with one attached hydrogen (secondary N) is 2. The van der Waals surface area contributed by atoms with Crippen LogP contribution >= 0.6 is 15.9 Å². The van der Waals surface area contributed by atoms with Gasteiger partial charge in [-0.2, -0.15) is 0 Å². The minimum absolute atomic E-state index is 0.222. The van der Waals surface area contributed by atoms with Crippen LogP contribution in [0, 0.1) is 0 Å². The van der Waals surface area contributed by atoms with Crippen molar-refractivity contribution in [1.82, 2.24) is 5.32 Å². The van der Waals surface area contributed by atoms with Crippen LogP contribution in [-0.4, -0.2) is 20.3 Å². The van der Waals surface area contributed by atoms with Crippen LogP contribution in [0.1, 0.15) is 18.4 Å². The van der Waals surface area contributed by atoms with Gasteiger partial charge in [0, 0.05) is 10.2 Å². The first-order valence-electron chi connectivity index (χ1n) is 7.63. The summed E-state index contributed by atoms with van der Waals surface area (Å²) >= 11 is 3.39. The molecule has 3 rings (SSSR count).